The van der Waals surface area contributed by atoms with Crippen LogP contribution in [0.3, 0.4) is 0 Å². The Balaban J connectivity index is 1.44. The molecule has 104 valence electrons. The Morgan fingerprint density at radius 1 is 1.17 bits per heavy atom. The highest BCUT2D eigenvalue weighted by Gasteiger charge is 2.38. The average molecular weight is 252 g/mol. The molecule has 1 aliphatic heterocycles. The molecule has 0 amide bonds. The number of ether oxygens (including phenoxy) is 1. The van der Waals surface area contributed by atoms with Crippen LogP contribution in [0.25, 0.3) is 0 Å². The molecule has 1 saturated heterocycles. The Morgan fingerprint density at radius 3 is 2.72 bits per heavy atom. The van der Waals surface area contributed by atoms with E-state index in [1.807, 2.05) is 0 Å². The van der Waals surface area contributed by atoms with Crippen LogP contribution in [-0.4, -0.2) is 49.3 Å². The molecular weight excluding hydrogens is 224 g/mol. The van der Waals surface area contributed by atoms with Crippen molar-refractivity contribution in [3.8, 4) is 0 Å². The summed E-state index contributed by atoms with van der Waals surface area (Å²) in [6, 6.07) is 1.71. The van der Waals surface area contributed by atoms with Crippen molar-refractivity contribution in [2.24, 2.45) is 5.92 Å². The number of likely N-dealkylation sites (tertiary alicyclic amines) is 1. The molecule has 3 aliphatic rings. The molecule has 0 aromatic heterocycles. The first kappa shape index (κ1) is 12.9. The molecule has 0 bridgehead atoms. The summed E-state index contributed by atoms with van der Waals surface area (Å²) in [6.45, 7) is 6.72. The number of nitrogens with zero attached hydrogens (tertiary/aromatic N) is 1. The van der Waals surface area contributed by atoms with E-state index < -0.39 is 0 Å². The number of rotatable bonds is 6. The van der Waals surface area contributed by atoms with Crippen molar-refractivity contribution < 1.29 is 4.74 Å². The highest BCUT2D eigenvalue weighted by molar-refractivity contribution is 4.94. The summed E-state index contributed by atoms with van der Waals surface area (Å²) in [5, 5.41) is 3.71. The normalized spacial score (nSPS) is 37.5. The van der Waals surface area contributed by atoms with Crippen LogP contribution in [0.5, 0.6) is 0 Å². The highest BCUT2D eigenvalue weighted by Crippen LogP contribution is 2.34. The van der Waals surface area contributed by atoms with E-state index in [0.717, 1.165) is 24.6 Å². The van der Waals surface area contributed by atoms with Gasteiger partial charge in [0.25, 0.3) is 0 Å². The first-order chi connectivity index (χ1) is 8.86. The molecule has 18 heavy (non-hydrogen) atoms. The van der Waals surface area contributed by atoms with Crippen LogP contribution in [0.15, 0.2) is 0 Å². The first-order valence-electron chi connectivity index (χ1n) is 7.96. The monoisotopic (exact) mass is 252 g/mol. The molecule has 1 N–H and O–H groups in total. The van der Waals surface area contributed by atoms with Gasteiger partial charge in [-0.1, -0.05) is 0 Å². The maximum absolute atomic E-state index is 5.82. The van der Waals surface area contributed by atoms with Crippen molar-refractivity contribution in [2.75, 3.05) is 26.2 Å². The molecule has 2 saturated carbocycles. The molecule has 3 heteroatoms. The zero-order valence-electron chi connectivity index (χ0n) is 11.7. The third kappa shape index (κ3) is 3.06. The van der Waals surface area contributed by atoms with Gasteiger partial charge in [0.1, 0.15) is 0 Å². The largest absolute Gasteiger partial charge is 0.377 e. The summed E-state index contributed by atoms with van der Waals surface area (Å²) in [5.41, 5.74) is 0. The van der Waals surface area contributed by atoms with Gasteiger partial charge >= 0.3 is 0 Å². The molecule has 3 nitrogen and oxygen atoms in total. The van der Waals surface area contributed by atoms with E-state index in [1.54, 1.807) is 0 Å². The van der Waals surface area contributed by atoms with Crippen LogP contribution >= 0.6 is 0 Å². The summed E-state index contributed by atoms with van der Waals surface area (Å²) in [4.78, 5) is 2.71. The Morgan fingerprint density at radius 2 is 2.06 bits per heavy atom. The number of hydrogen-bond donors (Lipinski definition) is 1. The van der Waals surface area contributed by atoms with Crippen molar-refractivity contribution in [3.05, 3.63) is 0 Å². The lowest BCUT2D eigenvalue weighted by Crippen LogP contribution is -2.54. The van der Waals surface area contributed by atoms with E-state index in [1.165, 1.54) is 58.2 Å². The van der Waals surface area contributed by atoms with E-state index in [0.29, 0.717) is 6.10 Å². The predicted molar refractivity (Wildman–Crippen MR) is 73.8 cm³/mol. The molecule has 0 radical (unpaired) electrons. The van der Waals surface area contributed by atoms with Crippen molar-refractivity contribution in [2.45, 2.75) is 63.6 Å². The quantitative estimate of drug-likeness (QED) is 0.783. The SMILES string of the molecule is CCOC1CCCN(C2CCC2CNC2CC2)C1. The van der Waals surface area contributed by atoms with Crippen LogP contribution in [0.4, 0.5) is 0 Å². The summed E-state index contributed by atoms with van der Waals surface area (Å²) in [7, 11) is 0. The van der Waals surface area contributed by atoms with Crippen LogP contribution in [0.2, 0.25) is 0 Å². The van der Waals surface area contributed by atoms with Gasteiger partial charge in [-0.2, -0.15) is 0 Å². The molecule has 0 aromatic carbocycles. The lowest BCUT2D eigenvalue weighted by atomic mass is 9.77. The summed E-state index contributed by atoms with van der Waals surface area (Å²) < 4.78 is 5.82. The van der Waals surface area contributed by atoms with E-state index in [4.69, 9.17) is 4.74 Å². The average Bonchev–Trinajstić information content (AvgIpc) is 3.13. The van der Waals surface area contributed by atoms with Gasteiger partial charge in [-0.05, 0) is 64.5 Å². The van der Waals surface area contributed by atoms with Gasteiger partial charge in [-0.25, -0.2) is 0 Å². The van der Waals surface area contributed by atoms with Crippen LogP contribution in [0, 0.1) is 5.92 Å². The Bertz CT molecular complexity index is 265. The molecule has 3 atom stereocenters. The molecule has 0 aromatic rings. The maximum atomic E-state index is 5.82. The van der Waals surface area contributed by atoms with E-state index in [9.17, 15) is 0 Å². The highest BCUT2D eigenvalue weighted by atomic mass is 16.5. The number of nitrogens with one attached hydrogen (secondary N) is 1. The summed E-state index contributed by atoms with van der Waals surface area (Å²) in [5.74, 6) is 0.908. The zero-order chi connectivity index (χ0) is 12.4. The van der Waals surface area contributed by atoms with Crippen molar-refractivity contribution >= 4 is 0 Å². The predicted octanol–water partition coefficient (Wildman–Crippen LogP) is 2.02. The van der Waals surface area contributed by atoms with E-state index in [-0.39, 0.29) is 0 Å². The number of hydrogen-bond acceptors (Lipinski definition) is 3. The second-order valence-corrected chi connectivity index (χ2v) is 6.30. The van der Waals surface area contributed by atoms with Crippen LogP contribution in [0.1, 0.15) is 45.4 Å². The summed E-state index contributed by atoms with van der Waals surface area (Å²) in [6.07, 6.45) is 8.75. The Labute approximate surface area is 111 Å². The summed E-state index contributed by atoms with van der Waals surface area (Å²) >= 11 is 0. The Kier molecular flexibility index (Phi) is 4.22. The minimum absolute atomic E-state index is 0.501. The van der Waals surface area contributed by atoms with Gasteiger partial charge in [0.05, 0.1) is 6.10 Å². The Hall–Kier alpha value is -0.120. The van der Waals surface area contributed by atoms with Gasteiger partial charge < -0.3 is 10.1 Å². The van der Waals surface area contributed by atoms with E-state index in [2.05, 4.69) is 17.1 Å². The number of piperidine rings is 1. The van der Waals surface area contributed by atoms with Gasteiger partial charge in [0.2, 0.25) is 0 Å². The smallest absolute Gasteiger partial charge is 0.0702 e. The minimum Gasteiger partial charge on any atom is -0.377 e. The van der Waals surface area contributed by atoms with Crippen molar-refractivity contribution in [1.82, 2.24) is 10.2 Å². The van der Waals surface area contributed by atoms with Gasteiger partial charge in [0, 0.05) is 25.2 Å². The second kappa shape index (κ2) is 5.89. The zero-order valence-corrected chi connectivity index (χ0v) is 11.7. The standard InChI is InChI=1S/C15H28N2O/c1-2-18-14-4-3-9-17(11-14)15-8-5-12(15)10-16-13-6-7-13/h12-16H,2-11H2,1H3. The maximum Gasteiger partial charge on any atom is 0.0702 e. The first-order valence-corrected chi connectivity index (χ1v) is 7.96. The second-order valence-electron chi connectivity index (χ2n) is 6.30. The lowest BCUT2D eigenvalue weighted by molar-refractivity contribution is -0.0361. The lowest BCUT2D eigenvalue weighted by Gasteiger charge is -2.47. The molecule has 0 spiro atoms. The fraction of sp³-hybridized carbons (Fsp3) is 1.00. The van der Waals surface area contributed by atoms with Crippen LogP contribution < -0.4 is 5.32 Å². The third-order valence-electron chi connectivity index (χ3n) is 4.90. The molecule has 3 fully saturated rings. The topological polar surface area (TPSA) is 24.5 Å². The van der Waals surface area contributed by atoms with Crippen LogP contribution in [-0.2, 0) is 4.74 Å². The fourth-order valence-corrected chi connectivity index (χ4v) is 3.51. The van der Waals surface area contributed by atoms with Gasteiger partial charge in [-0.3, -0.25) is 4.90 Å². The fourth-order valence-electron chi connectivity index (χ4n) is 3.51. The van der Waals surface area contributed by atoms with Gasteiger partial charge in [-0.15, -0.1) is 0 Å². The third-order valence-corrected chi connectivity index (χ3v) is 4.90. The van der Waals surface area contributed by atoms with Crippen molar-refractivity contribution in [3.63, 3.8) is 0 Å². The molecular formula is C15H28N2O. The molecule has 3 unspecified atom stereocenters. The van der Waals surface area contributed by atoms with Gasteiger partial charge in [0.15, 0.2) is 0 Å². The van der Waals surface area contributed by atoms with E-state index >= 15 is 0 Å². The molecule has 1 heterocycles. The van der Waals surface area contributed by atoms with Crippen molar-refractivity contribution in [1.29, 1.82) is 0 Å². The molecule has 3 rings (SSSR count). The molecule has 2 aliphatic carbocycles. The minimum atomic E-state index is 0.501.